The lowest BCUT2D eigenvalue weighted by molar-refractivity contribution is -0.143. The molecular formula is C15H22N2O4S. The summed E-state index contributed by atoms with van der Waals surface area (Å²) in [5.74, 6) is -0.131. The minimum atomic E-state index is -3.27. The molecule has 2 atom stereocenters. The second-order valence-corrected chi connectivity index (χ2v) is 7.32. The van der Waals surface area contributed by atoms with Crippen molar-refractivity contribution in [2.75, 3.05) is 26.5 Å². The van der Waals surface area contributed by atoms with Gasteiger partial charge in [-0.1, -0.05) is 30.3 Å². The maximum Gasteiger partial charge on any atom is 0.256 e. The molecule has 1 aromatic rings. The minimum Gasteiger partial charge on any atom is -0.367 e. The fourth-order valence-corrected chi connectivity index (χ4v) is 3.55. The summed E-state index contributed by atoms with van der Waals surface area (Å²) in [6, 6.07) is 9.07. The van der Waals surface area contributed by atoms with E-state index in [0.717, 1.165) is 24.7 Å². The van der Waals surface area contributed by atoms with Crippen LogP contribution < -0.4 is 4.72 Å². The van der Waals surface area contributed by atoms with Crippen LogP contribution in [0.4, 0.5) is 0 Å². The molecule has 7 heteroatoms. The van der Waals surface area contributed by atoms with Gasteiger partial charge >= 0.3 is 0 Å². The van der Waals surface area contributed by atoms with E-state index in [0.29, 0.717) is 13.1 Å². The van der Waals surface area contributed by atoms with Crippen molar-refractivity contribution in [2.45, 2.75) is 25.0 Å². The first-order chi connectivity index (χ1) is 10.4. The van der Waals surface area contributed by atoms with Gasteiger partial charge in [0, 0.05) is 26.2 Å². The van der Waals surface area contributed by atoms with E-state index >= 15 is 0 Å². The average molecular weight is 326 g/mol. The van der Waals surface area contributed by atoms with E-state index in [9.17, 15) is 13.2 Å². The highest BCUT2D eigenvalue weighted by Crippen LogP contribution is 2.22. The maximum atomic E-state index is 12.7. The zero-order chi connectivity index (χ0) is 16.2. The van der Waals surface area contributed by atoms with E-state index < -0.39 is 16.1 Å². The van der Waals surface area contributed by atoms with Gasteiger partial charge in [0.2, 0.25) is 10.0 Å². The molecule has 0 radical (unpaired) electrons. The summed E-state index contributed by atoms with van der Waals surface area (Å²) in [7, 11) is -1.76. The zero-order valence-corrected chi connectivity index (χ0v) is 13.7. The van der Waals surface area contributed by atoms with Gasteiger partial charge in [-0.05, 0) is 18.4 Å². The molecule has 0 aliphatic carbocycles. The predicted octanol–water partition coefficient (Wildman–Crippen LogP) is 0.914. The molecule has 1 amide bonds. The summed E-state index contributed by atoms with van der Waals surface area (Å²) in [6.07, 6.45) is 1.98. The smallest absolute Gasteiger partial charge is 0.256 e. The molecule has 0 spiro atoms. The number of carbonyl (C=O) groups is 1. The molecule has 2 rings (SSSR count). The van der Waals surface area contributed by atoms with Crippen LogP contribution in [0.3, 0.4) is 0 Å². The Morgan fingerprint density at radius 1 is 1.36 bits per heavy atom. The van der Waals surface area contributed by atoms with E-state index in [4.69, 9.17) is 4.74 Å². The number of amides is 1. The number of rotatable bonds is 5. The Hall–Kier alpha value is -1.44. The van der Waals surface area contributed by atoms with Gasteiger partial charge in [-0.25, -0.2) is 13.1 Å². The Bertz CT molecular complexity index is 603. The molecular weight excluding hydrogens is 304 g/mol. The van der Waals surface area contributed by atoms with Gasteiger partial charge in [-0.2, -0.15) is 0 Å². The number of benzene rings is 1. The number of nitrogens with one attached hydrogen (secondary N) is 1. The Balaban J connectivity index is 2.07. The zero-order valence-electron chi connectivity index (χ0n) is 12.9. The van der Waals surface area contributed by atoms with Crippen molar-refractivity contribution >= 4 is 15.9 Å². The summed E-state index contributed by atoms with van der Waals surface area (Å²) in [4.78, 5) is 14.3. The molecule has 0 aromatic heterocycles. The van der Waals surface area contributed by atoms with Crippen LogP contribution in [0, 0.1) is 0 Å². The standard InChI is InChI=1S/C15H22N2O4S/c1-21-14(12-7-4-3-5-8-12)15(18)17-10-6-9-13(11-17)16-22(2,19)20/h3-5,7-8,13-14,16H,6,9-11H2,1-2H3/t13-,14+/m1/s1. The fourth-order valence-electron chi connectivity index (χ4n) is 2.75. The maximum absolute atomic E-state index is 12.7. The van der Waals surface area contributed by atoms with Crippen molar-refractivity contribution < 1.29 is 17.9 Å². The molecule has 1 aromatic carbocycles. The van der Waals surface area contributed by atoms with Crippen LogP contribution in [0.25, 0.3) is 0 Å². The number of methoxy groups -OCH3 is 1. The molecule has 1 saturated heterocycles. The van der Waals surface area contributed by atoms with E-state index in [1.807, 2.05) is 30.3 Å². The summed E-state index contributed by atoms with van der Waals surface area (Å²) in [5.41, 5.74) is 0.799. The number of piperidine rings is 1. The lowest BCUT2D eigenvalue weighted by Crippen LogP contribution is -2.50. The molecule has 1 N–H and O–H groups in total. The van der Waals surface area contributed by atoms with Crippen LogP contribution in [0.15, 0.2) is 30.3 Å². The van der Waals surface area contributed by atoms with Gasteiger partial charge in [0.25, 0.3) is 5.91 Å². The number of hydrogen-bond acceptors (Lipinski definition) is 4. The number of nitrogens with zero attached hydrogens (tertiary/aromatic N) is 1. The fraction of sp³-hybridized carbons (Fsp3) is 0.533. The quantitative estimate of drug-likeness (QED) is 0.873. The van der Waals surface area contributed by atoms with Crippen molar-refractivity contribution in [3.8, 4) is 0 Å². The Morgan fingerprint density at radius 2 is 2.05 bits per heavy atom. The SMILES string of the molecule is CO[C@H](C(=O)N1CCC[C@@H](NS(C)(=O)=O)C1)c1ccccc1. The normalized spacial score (nSPS) is 20.6. The topological polar surface area (TPSA) is 75.7 Å². The second-order valence-electron chi connectivity index (χ2n) is 5.54. The Morgan fingerprint density at radius 3 is 2.64 bits per heavy atom. The molecule has 122 valence electrons. The number of sulfonamides is 1. The predicted molar refractivity (Wildman–Crippen MR) is 83.8 cm³/mol. The Kier molecular flexibility index (Phi) is 5.55. The molecule has 1 aliphatic rings. The highest BCUT2D eigenvalue weighted by atomic mass is 32.2. The monoisotopic (exact) mass is 326 g/mol. The minimum absolute atomic E-state index is 0.131. The Labute approximate surface area is 131 Å². The summed E-state index contributed by atoms with van der Waals surface area (Å²) >= 11 is 0. The van der Waals surface area contributed by atoms with Gasteiger partial charge in [-0.15, -0.1) is 0 Å². The van der Waals surface area contributed by atoms with E-state index in [1.165, 1.54) is 7.11 Å². The number of hydrogen-bond donors (Lipinski definition) is 1. The number of carbonyl (C=O) groups excluding carboxylic acids is 1. The van der Waals surface area contributed by atoms with Crippen LogP contribution in [-0.2, 0) is 19.6 Å². The molecule has 22 heavy (non-hydrogen) atoms. The van der Waals surface area contributed by atoms with Crippen LogP contribution in [0.1, 0.15) is 24.5 Å². The molecule has 1 aliphatic heterocycles. The second kappa shape index (κ2) is 7.21. The molecule has 6 nitrogen and oxygen atoms in total. The third-order valence-electron chi connectivity index (χ3n) is 3.68. The lowest BCUT2D eigenvalue weighted by Gasteiger charge is -2.34. The highest BCUT2D eigenvalue weighted by molar-refractivity contribution is 7.88. The van der Waals surface area contributed by atoms with Gasteiger partial charge in [0.05, 0.1) is 6.26 Å². The van der Waals surface area contributed by atoms with Crippen LogP contribution in [0.2, 0.25) is 0 Å². The molecule has 0 saturated carbocycles. The van der Waals surface area contributed by atoms with Crippen molar-refractivity contribution in [2.24, 2.45) is 0 Å². The molecule has 0 unspecified atom stereocenters. The van der Waals surface area contributed by atoms with E-state index in [2.05, 4.69) is 4.72 Å². The third-order valence-corrected chi connectivity index (χ3v) is 4.44. The molecule has 1 fully saturated rings. The van der Waals surface area contributed by atoms with Crippen molar-refractivity contribution in [3.63, 3.8) is 0 Å². The summed E-state index contributed by atoms with van der Waals surface area (Å²) in [6.45, 7) is 0.992. The molecule has 0 bridgehead atoms. The van der Waals surface area contributed by atoms with Crippen LogP contribution in [-0.4, -0.2) is 51.7 Å². The van der Waals surface area contributed by atoms with Gasteiger partial charge in [0.1, 0.15) is 0 Å². The lowest BCUT2D eigenvalue weighted by atomic mass is 10.0. The highest BCUT2D eigenvalue weighted by Gasteiger charge is 2.30. The van der Waals surface area contributed by atoms with Gasteiger partial charge in [-0.3, -0.25) is 4.79 Å². The summed E-state index contributed by atoms with van der Waals surface area (Å²) < 4.78 is 30.6. The first-order valence-corrected chi connectivity index (χ1v) is 9.13. The van der Waals surface area contributed by atoms with Crippen molar-refractivity contribution in [3.05, 3.63) is 35.9 Å². The van der Waals surface area contributed by atoms with Crippen molar-refractivity contribution in [1.82, 2.24) is 9.62 Å². The third kappa shape index (κ3) is 4.53. The average Bonchev–Trinajstić information content (AvgIpc) is 2.47. The van der Waals surface area contributed by atoms with Gasteiger partial charge in [0.15, 0.2) is 6.10 Å². The van der Waals surface area contributed by atoms with E-state index in [-0.39, 0.29) is 11.9 Å². The molecule has 1 heterocycles. The van der Waals surface area contributed by atoms with Crippen LogP contribution >= 0.6 is 0 Å². The number of ether oxygens (including phenoxy) is 1. The first kappa shape index (κ1) is 16.9. The summed E-state index contributed by atoms with van der Waals surface area (Å²) in [5, 5.41) is 0. The van der Waals surface area contributed by atoms with Gasteiger partial charge < -0.3 is 9.64 Å². The van der Waals surface area contributed by atoms with E-state index in [1.54, 1.807) is 4.90 Å². The van der Waals surface area contributed by atoms with Crippen LogP contribution in [0.5, 0.6) is 0 Å². The first-order valence-electron chi connectivity index (χ1n) is 7.24. The largest absolute Gasteiger partial charge is 0.367 e. The van der Waals surface area contributed by atoms with Crippen molar-refractivity contribution in [1.29, 1.82) is 0 Å². The number of likely N-dealkylation sites (tertiary alicyclic amines) is 1.